The Bertz CT molecular complexity index is 1000. The average molecular weight is 393 g/mol. The molecule has 2 N–H and O–H groups in total. The summed E-state index contributed by atoms with van der Waals surface area (Å²) >= 11 is 0. The van der Waals surface area contributed by atoms with Gasteiger partial charge in [0.2, 0.25) is 0 Å². The van der Waals surface area contributed by atoms with Gasteiger partial charge in [-0.1, -0.05) is 54.5 Å². The van der Waals surface area contributed by atoms with Gasteiger partial charge in [0, 0.05) is 17.5 Å². The molecule has 6 nitrogen and oxygen atoms in total. The van der Waals surface area contributed by atoms with Crippen LogP contribution < -0.4 is 10.6 Å². The minimum Gasteiger partial charge on any atom is -0.360 e. The highest BCUT2D eigenvalue weighted by molar-refractivity contribution is 5.80. The van der Waals surface area contributed by atoms with Crippen LogP contribution in [0.15, 0.2) is 64.1 Å². The Hall–Kier alpha value is -3.19. The number of halogens is 1. The van der Waals surface area contributed by atoms with Gasteiger partial charge in [-0.2, -0.15) is 0 Å². The molecule has 150 valence electrons. The number of aromatic nitrogens is 1. The van der Waals surface area contributed by atoms with Crippen LogP contribution in [0.25, 0.3) is 11.1 Å². The van der Waals surface area contributed by atoms with Gasteiger partial charge in [-0.25, -0.2) is 9.38 Å². The molecule has 0 spiro atoms. The van der Waals surface area contributed by atoms with Crippen LogP contribution in [0.5, 0.6) is 0 Å². The maximum Gasteiger partial charge on any atom is 0.193 e. The molecule has 0 saturated carbocycles. The van der Waals surface area contributed by atoms with Crippen molar-refractivity contribution in [1.29, 1.82) is 0 Å². The van der Waals surface area contributed by atoms with Crippen molar-refractivity contribution in [3.05, 3.63) is 77.4 Å². The molecule has 0 aliphatic carbocycles. The Labute approximate surface area is 169 Å². The predicted octanol–water partition coefficient (Wildman–Crippen LogP) is 3.53. The van der Waals surface area contributed by atoms with E-state index >= 15 is 0 Å². The SMILES string of the molecule is CC(c1ccc(-c2ccccc2)c(F)c1)c1cc(CNC2=NCN(C)CN2)no1. The molecule has 0 bridgehead atoms. The van der Waals surface area contributed by atoms with Crippen LogP contribution in [0.1, 0.15) is 29.9 Å². The second kappa shape index (κ2) is 8.45. The quantitative estimate of drug-likeness (QED) is 0.694. The molecule has 4 rings (SSSR count). The standard InChI is InChI=1S/C22H24FN5O/c1-15(17-8-9-19(20(23)10-17)16-6-4-3-5-7-16)21-11-18(27-29-21)12-24-22-25-13-28(2)14-26-22/h3-11,15H,12-14H2,1-2H3,(H2,24,25,26). The molecule has 1 aliphatic heterocycles. The van der Waals surface area contributed by atoms with E-state index in [-0.39, 0.29) is 11.7 Å². The van der Waals surface area contributed by atoms with E-state index in [0.29, 0.717) is 24.5 Å². The number of nitrogens with zero attached hydrogens (tertiary/aromatic N) is 3. The summed E-state index contributed by atoms with van der Waals surface area (Å²) in [5.41, 5.74) is 3.08. The highest BCUT2D eigenvalue weighted by Crippen LogP contribution is 2.29. The molecule has 0 radical (unpaired) electrons. The number of aliphatic imine (C=N–C) groups is 1. The normalized spacial score (nSPS) is 15.5. The first-order valence-electron chi connectivity index (χ1n) is 9.61. The van der Waals surface area contributed by atoms with Gasteiger partial charge in [0.25, 0.3) is 0 Å². The van der Waals surface area contributed by atoms with Gasteiger partial charge in [-0.3, -0.25) is 4.90 Å². The third kappa shape index (κ3) is 4.46. The van der Waals surface area contributed by atoms with Crippen molar-refractivity contribution in [3.63, 3.8) is 0 Å². The summed E-state index contributed by atoms with van der Waals surface area (Å²) in [5, 5.41) is 10.5. The summed E-state index contributed by atoms with van der Waals surface area (Å²) in [5.74, 6) is 1.11. The fourth-order valence-electron chi connectivity index (χ4n) is 3.23. The molecule has 0 amide bonds. The first kappa shape index (κ1) is 19.1. The number of benzene rings is 2. The van der Waals surface area contributed by atoms with Crippen molar-refractivity contribution < 1.29 is 8.91 Å². The summed E-state index contributed by atoms with van der Waals surface area (Å²) < 4.78 is 20.2. The average Bonchev–Trinajstić information content (AvgIpc) is 3.22. The Morgan fingerprint density at radius 3 is 2.76 bits per heavy atom. The fourth-order valence-corrected chi connectivity index (χ4v) is 3.23. The summed E-state index contributed by atoms with van der Waals surface area (Å²) in [6.07, 6.45) is 0. The van der Waals surface area contributed by atoms with E-state index in [1.54, 1.807) is 6.07 Å². The molecule has 1 atom stereocenters. The zero-order valence-corrected chi connectivity index (χ0v) is 16.5. The van der Waals surface area contributed by atoms with Crippen molar-refractivity contribution in [2.24, 2.45) is 4.99 Å². The molecule has 0 saturated heterocycles. The van der Waals surface area contributed by atoms with E-state index in [1.807, 2.05) is 62.5 Å². The van der Waals surface area contributed by atoms with E-state index in [0.717, 1.165) is 29.4 Å². The largest absolute Gasteiger partial charge is 0.360 e. The van der Waals surface area contributed by atoms with Gasteiger partial charge in [-0.15, -0.1) is 0 Å². The van der Waals surface area contributed by atoms with Crippen LogP contribution in [-0.2, 0) is 6.54 Å². The highest BCUT2D eigenvalue weighted by Gasteiger charge is 2.17. The second-order valence-electron chi connectivity index (χ2n) is 7.24. The van der Waals surface area contributed by atoms with Crippen LogP contribution in [0.4, 0.5) is 4.39 Å². The number of guanidine groups is 1. The van der Waals surface area contributed by atoms with Crippen LogP contribution in [0, 0.1) is 5.82 Å². The maximum atomic E-state index is 14.7. The van der Waals surface area contributed by atoms with Gasteiger partial charge in [0.05, 0.1) is 19.9 Å². The van der Waals surface area contributed by atoms with Crippen LogP contribution >= 0.6 is 0 Å². The van der Waals surface area contributed by atoms with Crippen molar-refractivity contribution in [2.75, 3.05) is 20.4 Å². The molecule has 1 aromatic heterocycles. The number of hydrogen-bond acceptors (Lipinski definition) is 6. The fraction of sp³-hybridized carbons (Fsp3) is 0.273. The Kier molecular flexibility index (Phi) is 5.57. The third-order valence-corrected chi connectivity index (χ3v) is 5.01. The molecule has 2 heterocycles. The van der Waals surface area contributed by atoms with Crippen molar-refractivity contribution >= 4 is 5.96 Å². The van der Waals surface area contributed by atoms with E-state index in [2.05, 4.69) is 25.7 Å². The Balaban J connectivity index is 1.43. The molecule has 2 aromatic carbocycles. The lowest BCUT2D eigenvalue weighted by Gasteiger charge is -2.23. The molecule has 29 heavy (non-hydrogen) atoms. The van der Waals surface area contributed by atoms with Crippen molar-refractivity contribution in [2.45, 2.75) is 19.4 Å². The van der Waals surface area contributed by atoms with Gasteiger partial charge in [0.1, 0.15) is 17.3 Å². The second-order valence-corrected chi connectivity index (χ2v) is 7.24. The van der Waals surface area contributed by atoms with E-state index < -0.39 is 0 Å². The third-order valence-electron chi connectivity index (χ3n) is 5.01. The molecular weight excluding hydrogens is 369 g/mol. The molecule has 7 heteroatoms. The Morgan fingerprint density at radius 2 is 2.03 bits per heavy atom. The molecule has 0 fully saturated rings. The lowest BCUT2D eigenvalue weighted by molar-refractivity contribution is 0.320. The lowest BCUT2D eigenvalue weighted by Crippen LogP contribution is -2.47. The van der Waals surface area contributed by atoms with Crippen LogP contribution in [-0.4, -0.2) is 36.4 Å². The molecule has 1 aliphatic rings. The van der Waals surface area contributed by atoms with E-state index in [4.69, 9.17) is 4.52 Å². The van der Waals surface area contributed by atoms with Crippen molar-refractivity contribution in [3.8, 4) is 11.1 Å². The zero-order chi connectivity index (χ0) is 20.2. The van der Waals surface area contributed by atoms with Gasteiger partial charge >= 0.3 is 0 Å². The van der Waals surface area contributed by atoms with Crippen LogP contribution in [0.2, 0.25) is 0 Å². The topological polar surface area (TPSA) is 65.7 Å². The monoisotopic (exact) mass is 393 g/mol. The number of rotatable bonds is 5. The molecule has 1 unspecified atom stereocenters. The van der Waals surface area contributed by atoms with Gasteiger partial charge in [-0.05, 0) is 24.2 Å². The summed E-state index contributed by atoms with van der Waals surface area (Å²) in [7, 11) is 1.99. The predicted molar refractivity (Wildman–Crippen MR) is 111 cm³/mol. The summed E-state index contributed by atoms with van der Waals surface area (Å²) in [6.45, 7) is 3.89. The van der Waals surface area contributed by atoms with E-state index in [9.17, 15) is 4.39 Å². The lowest BCUT2D eigenvalue weighted by atomic mass is 9.95. The highest BCUT2D eigenvalue weighted by atomic mass is 19.1. The smallest absolute Gasteiger partial charge is 0.193 e. The number of hydrogen-bond donors (Lipinski definition) is 2. The minimum absolute atomic E-state index is 0.102. The molecule has 3 aromatic rings. The summed E-state index contributed by atoms with van der Waals surface area (Å²) in [6, 6.07) is 16.8. The maximum absolute atomic E-state index is 14.7. The zero-order valence-electron chi connectivity index (χ0n) is 16.5. The van der Waals surface area contributed by atoms with Crippen LogP contribution in [0.3, 0.4) is 0 Å². The number of nitrogens with one attached hydrogen (secondary N) is 2. The van der Waals surface area contributed by atoms with Gasteiger partial charge < -0.3 is 15.2 Å². The minimum atomic E-state index is -0.242. The first-order valence-corrected chi connectivity index (χ1v) is 9.61. The van der Waals surface area contributed by atoms with Crippen molar-refractivity contribution in [1.82, 2.24) is 20.7 Å². The van der Waals surface area contributed by atoms with Gasteiger partial charge in [0.15, 0.2) is 5.96 Å². The van der Waals surface area contributed by atoms with E-state index in [1.165, 1.54) is 0 Å². The summed E-state index contributed by atoms with van der Waals surface area (Å²) in [4.78, 5) is 6.44. The first-order chi connectivity index (χ1) is 14.1. The molecular formula is C22H24FN5O. The Morgan fingerprint density at radius 1 is 1.21 bits per heavy atom.